The largest absolute Gasteiger partial charge is 0.489 e. The number of sulfonamides is 1. The molecule has 2 aromatic rings. The van der Waals surface area contributed by atoms with Gasteiger partial charge in [0.2, 0.25) is 15.9 Å². The van der Waals surface area contributed by atoms with Crippen molar-refractivity contribution in [1.82, 2.24) is 4.72 Å². The maximum Gasteiger partial charge on any atom is 0.240 e. The lowest BCUT2D eigenvalue weighted by Gasteiger charge is -2.28. The molecule has 2 aromatic carbocycles. The molecule has 1 aliphatic heterocycles. The van der Waals surface area contributed by atoms with Crippen LogP contribution in [-0.4, -0.2) is 34.0 Å². The Bertz CT molecular complexity index is 925. The number of hydrogen-bond acceptors (Lipinski definition) is 4. The van der Waals surface area contributed by atoms with Gasteiger partial charge < -0.3 is 9.64 Å². The van der Waals surface area contributed by atoms with Gasteiger partial charge in [0.1, 0.15) is 12.4 Å². The average molecular weight is 374 g/mol. The number of carbonyl (C=O) groups excluding carboxylic acids is 1. The quantitative estimate of drug-likeness (QED) is 0.871. The lowest BCUT2D eigenvalue weighted by molar-refractivity contribution is -0.116. The molecule has 0 saturated carbocycles. The number of rotatable bonds is 5. The van der Waals surface area contributed by atoms with Gasteiger partial charge in [-0.05, 0) is 31.0 Å². The molecule has 26 heavy (non-hydrogen) atoms. The Balaban J connectivity index is 1.72. The van der Waals surface area contributed by atoms with Gasteiger partial charge in [0.25, 0.3) is 0 Å². The fourth-order valence-electron chi connectivity index (χ4n) is 2.98. The van der Waals surface area contributed by atoms with E-state index in [1.807, 2.05) is 31.2 Å². The Kier molecular flexibility index (Phi) is 5.29. The summed E-state index contributed by atoms with van der Waals surface area (Å²) in [7, 11) is -3.65. The van der Waals surface area contributed by atoms with Crippen LogP contribution in [0.3, 0.4) is 0 Å². The number of nitrogens with one attached hydrogen (secondary N) is 1. The van der Waals surface area contributed by atoms with Gasteiger partial charge in [0.15, 0.2) is 0 Å². The van der Waals surface area contributed by atoms with Crippen molar-refractivity contribution in [2.24, 2.45) is 0 Å². The standard InChI is InChI=1S/C19H22N2O4S/c1-14-4-3-5-16(12-14)8-9-20-26(23,24)17-6-7-18-19(13-17)25-11-10-21(18)15(2)22/h3-7,12-13,20H,8-11H2,1-2H3. The first-order valence-electron chi connectivity index (χ1n) is 8.47. The molecule has 7 heteroatoms. The van der Waals surface area contributed by atoms with Crippen LogP contribution in [0.2, 0.25) is 0 Å². The summed E-state index contributed by atoms with van der Waals surface area (Å²) in [6.07, 6.45) is 0.612. The smallest absolute Gasteiger partial charge is 0.240 e. The van der Waals surface area contributed by atoms with Gasteiger partial charge in [-0.3, -0.25) is 4.79 Å². The van der Waals surface area contributed by atoms with E-state index in [4.69, 9.17) is 4.74 Å². The Morgan fingerprint density at radius 1 is 1.23 bits per heavy atom. The van der Waals surface area contributed by atoms with Crippen molar-refractivity contribution in [3.8, 4) is 5.75 Å². The summed E-state index contributed by atoms with van der Waals surface area (Å²) in [5.74, 6) is 0.314. The van der Waals surface area contributed by atoms with Crippen molar-refractivity contribution in [3.05, 3.63) is 53.6 Å². The van der Waals surface area contributed by atoms with Crippen molar-refractivity contribution in [2.75, 3.05) is 24.6 Å². The van der Waals surface area contributed by atoms with E-state index in [0.717, 1.165) is 11.1 Å². The van der Waals surface area contributed by atoms with Crippen LogP contribution in [0.15, 0.2) is 47.4 Å². The van der Waals surface area contributed by atoms with E-state index in [9.17, 15) is 13.2 Å². The lowest BCUT2D eigenvalue weighted by atomic mass is 10.1. The fourth-order valence-corrected chi connectivity index (χ4v) is 4.02. The van der Waals surface area contributed by atoms with Gasteiger partial charge in [-0.15, -0.1) is 0 Å². The molecule has 0 aromatic heterocycles. The molecule has 0 atom stereocenters. The van der Waals surface area contributed by atoms with Crippen LogP contribution in [0.25, 0.3) is 0 Å². The van der Waals surface area contributed by atoms with E-state index in [0.29, 0.717) is 37.6 Å². The minimum absolute atomic E-state index is 0.0959. The summed E-state index contributed by atoms with van der Waals surface area (Å²) >= 11 is 0. The first-order chi connectivity index (χ1) is 12.4. The zero-order valence-electron chi connectivity index (χ0n) is 14.9. The Labute approximate surface area is 153 Å². The van der Waals surface area contributed by atoms with Crippen LogP contribution in [0, 0.1) is 6.92 Å². The van der Waals surface area contributed by atoms with Crippen LogP contribution < -0.4 is 14.4 Å². The molecule has 138 valence electrons. The van der Waals surface area contributed by atoms with Gasteiger partial charge in [-0.1, -0.05) is 29.8 Å². The Hall–Kier alpha value is -2.38. The second-order valence-corrected chi connectivity index (χ2v) is 8.05. The molecule has 0 saturated heterocycles. The number of fused-ring (bicyclic) bond motifs is 1. The van der Waals surface area contributed by atoms with Crippen LogP contribution in [0.4, 0.5) is 5.69 Å². The minimum Gasteiger partial charge on any atom is -0.489 e. The fraction of sp³-hybridized carbons (Fsp3) is 0.316. The second kappa shape index (κ2) is 7.47. The molecule has 1 aliphatic rings. The number of carbonyl (C=O) groups is 1. The zero-order chi connectivity index (χ0) is 18.7. The van der Waals surface area contributed by atoms with Gasteiger partial charge >= 0.3 is 0 Å². The van der Waals surface area contributed by atoms with Crippen molar-refractivity contribution < 1.29 is 17.9 Å². The molecule has 3 rings (SSSR count). The molecule has 1 heterocycles. The van der Waals surface area contributed by atoms with Gasteiger partial charge in [0.05, 0.1) is 17.1 Å². The molecular weight excluding hydrogens is 352 g/mol. The Morgan fingerprint density at radius 2 is 2.04 bits per heavy atom. The van der Waals surface area contributed by atoms with Crippen molar-refractivity contribution in [2.45, 2.75) is 25.2 Å². The summed E-state index contributed by atoms with van der Waals surface area (Å²) in [6.45, 7) is 4.60. The number of ether oxygens (including phenoxy) is 1. The first-order valence-corrected chi connectivity index (χ1v) is 9.95. The highest BCUT2D eigenvalue weighted by Gasteiger charge is 2.24. The summed E-state index contributed by atoms with van der Waals surface area (Å²) in [5, 5.41) is 0. The first kappa shape index (κ1) is 18.4. The SMILES string of the molecule is CC(=O)N1CCOc2cc(S(=O)(=O)NCCc3cccc(C)c3)ccc21. The number of anilines is 1. The highest BCUT2D eigenvalue weighted by atomic mass is 32.2. The number of nitrogens with zero attached hydrogens (tertiary/aromatic N) is 1. The number of amides is 1. The van der Waals surface area contributed by atoms with Crippen LogP contribution in [0.1, 0.15) is 18.1 Å². The number of benzene rings is 2. The van der Waals surface area contributed by atoms with Crippen LogP contribution in [0.5, 0.6) is 5.75 Å². The number of aryl methyl sites for hydroxylation is 1. The summed E-state index contributed by atoms with van der Waals surface area (Å²) in [6, 6.07) is 12.6. The van der Waals surface area contributed by atoms with Crippen LogP contribution >= 0.6 is 0 Å². The monoisotopic (exact) mass is 374 g/mol. The molecule has 0 spiro atoms. The van der Waals surface area contributed by atoms with E-state index >= 15 is 0 Å². The molecule has 0 fully saturated rings. The molecule has 6 nitrogen and oxygen atoms in total. The molecule has 1 amide bonds. The van der Waals surface area contributed by atoms with E-state index in [1.54, 1.807) is 11.0 Å². The normalized spacial score (nSPS) is 13.8. The third-order valence-corrected chi connectivity index (χ3v) is 5.73. The third kappa shape index (κ3) is 4.05. The molecule has 0 bridgehead atoms. The molecule has 1 N–H and O–H groups in total. The topological polar surface area (TPSA) is 75.7 Å². The second-order valence-electron chi connectivity index (χ2n) is 6.29. The summed E-state index contributed by atoms with van der Waals surface area (Å²) in [5.41, 5.74) is 2.83. The predicted molar refractivity (Wildman–Crippen MR) is 100 cm³/mol. The maximum absolute atomic E-state index is 12.5. The van der Waals surface area contributed by atoms with E-state index in [2.05, 4.69) is 4.72 Å². The number of hydrogen-bond donors (Lipinski definition) is 1. The van der Waals surface area contributed by atoms with E-state index < -0.39 is 10.0 Å². The highest BCUT2D eigenvalue weighted by Crippen LogP contribution is 2.33. The lowest BCUT2D eigenvalue weighted by Crippen LogP contribution is -2.36. The Morgan fingerprint density at radius 3 is 2.77 bits per heavy atom. The molecule has 0 unspecified atom stereocenters. The van der Waals surface area contributed by atoms with Gasteiger partial charge in [-0.2, -0.15) is 0 Å². The average Bonchev–Trinajstić information content (AvgIpc) is 2.60. The van der Waals surface area contributed by atoms with Crippen molar-refractivity contribution in [1.29, 1.82) is 0 Å². The zero-order valence-corrected chi connectivity index (χ0v) is 15.7. The van der Waals surface area contributed by atoms with E-state index in [-0.39, 0.29) is 10.8 Å². The minimum atomic E-state index is -3.65. The van der Waals surface area contributed by atoms with Crippen molar-refractivity contribution >= 4 is 21.6 Å². The molecule has 0 aliphatic carbocycles. The van der Waals surface area contributed by atoms with E-state index in [1.165, 1.54) is 19.1 Å². The maximum atomic E-state index is 12.5. The molecular formula is C19H22N2O4S. The molecule has 0 radical (unpaired) electrons. The third-order valence-electron chi connectivity index (χ3n) is 4.27. The van der Waals surface area contributed by atoms with Gasteiger partial charge in [0, 0.05) is 19.5 Å². The van der Waals surface area contributed by atoms with Crippen LogP contribution in [-0.2, 0) is 21.2 Å². The predicted octanol–water partition coefficient (Wildman–Crippen LogP) is 2.26. The summed E-state index contributed by atoms with van der Waals surface area (Å²) in [4.78, 5) is 13.4. The van der Waals surface area contributed by atoms with Gasteiger partial charge in [-0.25, -0.2) is 13.1 Å². The highest BCUT2D eigenvalue weighted by molar-refractivity contribution is 7.89. The summed E-state index contributed by atoms with van der Waals surface area (Å²) < 4.78 is 33.2. The van der Waals surface area contributed by atoms with Crippen molar-refractivity contribution in [3.63, 3.8) is 0 Å².